The van der Waals surface area contributed by atoms with Crippen LogP contribution >= 0.6 is 23.4 Å². The van der Waals surface area contributed by atoms with E-state index in [0.29, 0.717) is 23.9 Å². The molecule has 0 N–H and O–H groups in total. The van der Waals surface area contributed by atoms with Crippen LogP contribution in [0.25, 0.3) is 0 Å². The minimum Gasteiger partial charge on any atom is -0.367 e. The molecule has 1 fully saturated rings. The molecule has 1 aromatic rings. The topological polar surface area (TPSA) is 3.24 Å². The van der Waals surface area contributed by atoms with Crippen LogP contribution in [0.1, 0.15) is 18.4 Å². The van der Waals surface area contributed by atoms with Crippen molar-refractivity contribution in [2.45, 2.75) is 24.0 Å². The van der Waals surface area contributed by atoms with Gasteiger partial charge in [-0.1, -0.05) is 0 Å². The molecule has 100 valence electrons. The van der Waals surface area contributed by atoms with E-state index in [1.54, 1.807) is 4.90 Å². The zero-order valence-corrected chi connectivity index (χ0v) is 11.8. The molecule has 1 aliphatic heterocycles. The molecule has 0 bridgehead atoms. The van der Waals surface area contributed by atoms with E-state index in [0.717, 1.165) is 12.8 Å². The summed E-state index contributed by atoms with van der Waals surface area (Å²) in [5.41, 5.74) is 0.581. The van der Waals surface area contributed by atoms with Crippen molar-refractivity contribution in [3.05, 3.63) is 29.3 Å². The average Bonchev–Trinajstić information content (AvgIpc) is 2.38. The van der Waals surface area contributed by atoms with E-state index in [1.807, 2.05) is 11.8 Å². The third-order valence-corrected chi connectivity index (χ3v) is 4.77. The van der Waals surface area contributed by atoms with E-state index in [1.165, 1.54) is 12.1 Å². The van der Waals surface area contributed by atoms with Gasteiger partial charge in [0.15, 0.2) is 0 Å². The first-order valence-corrected chi connectivity index (χ1v) is 7.79. The molecule has 1 nitrogen and oxygen atoms in total. The van der Waals surface area contributed by atoms with E-state index < -0.39 is 11.6 Å². The van der Waals surface area contributed by atoms with Gasteiger partial charge in [-0.2, -0.15) is 11.8 Å². The quantitative estimate of drug-likeness (QED) is 0.774. The van der Waals surface area contributed by atoms with Gasteiger partial charge in [0.25, 0.3) is 0 Å². The van der Waals surface area contributed by atoms with E-state index in [-0.39, 0.29) is 11.6 Å². The lowest BCUT2D eigenvalue weighted by Gasteiger charge is -2.33. The van der Waals surface area contributed by atoms with Crippen LogP contribution in [0.4, 0.5) is 14.5 Å². The lowest BCUT2D eigenvalue weighted by Crippen LogP contribution is -2.35. The summed E-state index contributed by atoms with van der Waals surface area (Å²) in [7, 11) is 0. The SMILES string of the molecule is CSC1CCN(c2c(F)cc(CCl)cc2F)CC1. The largest absolute Gasteiger partial charge is 0.367 e. The first kappa shape index (κ1) is 13.9. The summed E-state index contributed by atoms with van der Waals surface area (Å²) in [6.07, 6.45) is 4.02. The van der Waals surface area contributed by atoms with Gasteiger partial charge in [-0.3, -0.25) is 0 Å². The van der Waals surface area contributed by atoms with Crippen molar-refractivity contribution in [2.75, 3.05) is 24.2 Å². The smallest absolute Gasteiger partial charge is 0.149 e. The Morgan fingerprint density at radius 3 is 2.28 bits per heavy atom. The van der Waals surface area contributed by atoms with Crippen LogP contribution in [-0.4, -0.2) is 24.6 Å². The molecule has 1 aromatic carbocycles. The first-order chi connectivity index (χ1) is 8.65. The monoisotopic (exact) mass is 291 g/mol. The van der Waals surface area contributed by atoms with Crippen molar-refractivity contribution < 1.29 is 8.78 Å². The number of hydrogen-bond donors (Lipinski definition) is 0. The number of benzene rings is 1. The van der Waals surface area contributed by atoms with Crippen molar-refractivity contribution >= 4 is 29.1 Å². The molecular weight excluding hydrogens is 276 g/mol. The Hall–Kier alpha value is -0.480. The fraction of sp³-hybridized carbons (Fsp3) is 0.538. The van der Waals surface area contributed by atoms with E-state index in [4.69, 9.17) is 11.6 Å². The van der Waals surface area contributed by atoms with Gasteiger partial charge in [-0.05, 0) is 36.8 Å². The minimum absolute atomic E-state index is 0.100. The molecular formula is C13H16ClF2NS. The van der Waals surface area contributed by atoms with E-state index in [9.17, 15) is 8.78 Å². The molecule has 0 aromatic heterocycles. The Bertz CT molecular complexity index is 396. The zero-order valence-electron chi connectivity index (χ0n) is 10.3. The van der Waals surface area contributed by atoms with E-state index >= 15 is 0 Å². The predicted octanol–water partition coefficient (Wildman–Crippen LogP) is 4.04. The molecule has 0 saturated carbocycles. The van der Waals surface area contributed by atoms with Crippen LogP contribution in [0.3, 0.4) is 0 Å². The van der Waals surface area contributed by atoms with Crippen molar-refractivity contribution in [3.63, 3.8) is 0 Å². The van der Waals surface area contributed by atoms with Crippen LogP contribution in [0.2, 0.25) is 0 Å². The second-order valence-electron chi connectivity index (χ2n) is 4.46. The minimum atomic E-state index is -0.506. The fourth-order valence-electron chi connectivity index (χ4n) is 2.31. The Kier molecular flexibility index (Phi) is 4.73. The predicted molar refractivity (Wildman–Crippen MR) is 74.7 cm³/mol. The van der Waals surface area contributed by atoms with Crippen LogP contribution in [0.15, 0.2) is 12.1 Å². The van der Waals surface area contributed by atoms with Crippen LogP contribution < -0.4 is 4.90 Å². The molecule has 0 spiro atoms. The van der Waals surface area contributed by atoms with Gasteiger partial charge >= 0.3 is 0 Å². The summed E-state index contributed by atoms with van der Waals surface area (Å²) >= 11 is 7.42. The highest BCUT2D eigenvalue weighted by Crippen LogP contribution is 2.30. The van der Waals surface area contributed by atoms with Crippen molar-refractivity contribution in [3.8, 4) is 0 Å². The molecule has 0 aliphatic carbocycles. The number of piperidine rings is 1. The summed E-state index contributed by atoms with van der Waals surface area (Å²) in [4.78, 5) is 1.80. The summed E-state index contributed by atoms with van der Waals surface area (Å²) in [6.45, 7) is 1.42. The summed E-state index contributed by atoms with van der Waals surface area (Å²) in [5.74, 6) is -0.885. The number of alkyl halides is 1. The summed E-state index contributed by atoms with van der Waals surface area (Å²) < 4.78 is 27.8. The van der Waals surface area contributed by atoms with Gasteiger partial charge in [0.2, 0.25) is 0 Å². The third kappa shape index (κ3) is 2.91. The molecule has 0 radical (unpaired) electrons. The first-order valence-electron chi connectivity index (χ1n) is 5.97. The van der Waals surface area contributed by atoms with Gasteiger partial charge in [0.1, 0.15) is 17.3 Å². The van der Waals surface area contributed by atoms with Crippen molar-refractivity contribution in [2.24, 2.45) is 0 Å². The Labute approximate surface area is 115 Å². The highest BCUT2D eigenvalue weighted by Gasteiger charge is 2.23. The van der Waals surface area contributed by atoms with E-state index in [2.05, 4.69) is 6.26 Å². The Morgan fingerprint density at radius 2 is 1.83 bits per heavy atom. The molecule has 1 aliphatic rings. The number of nitrogens with zero attached hydrogens (tertiary/aromatic N) is 1. The molecule has 5 heteroatoms. The maximum atomic E-state index is 13.9. The second-order valence-corrected chi connectivity index (χ2v) is 5.87. The molecule has 18 heavy (non-hydrogen) atoms. The zero-order chi connectivity index (χ0) is 13.1. The molecule has 1 heterocycles. The van der Waals surface area contributed by atoms with Crippen LogP contribution in [0, 0.1) is 11.6 Å². The van der Waals surface area contributed by atoms with Gasteiger partial charge < -0.3 is 4.90 Å². The average molecular weight is 292 g/mol. The Balaban J connectivity index is 2.19. The molecule has 0 amide bonds. The highest BCUT2D eigenvalue weighted by molar-refractivity contribution is 7.99. The number of halogens is 3. The Morgan fingerprint density at radius 1 is 1.28 bits per heavy atom. The maximum absolute atomic E-state index is 13.9. The maximum Gasteiger partial charge on any atom is 0.149 e. The van der Waals surface area contributed by atoms with Crippen molar-refractivity contribution in [1.82, 2.24) is 0 Å². The number of rotatable bonds is 3. The summed E-state index contributed by atoms with van der Waals surface area (Å²) in [6, 6.07) is 2.65. The second kappa shape index (κ2) is 6.11. The summed E-state index contributed by atoms with van der Waals surface area (Å²) in [5, 5.41) is 0.606. The van der Waals surface area contributed by atoms with Gasteiger partial charge in [-0.25, -0.2) is 8.78 Å². The fourth-order valence-corrected chi connectivity index (χ4v) is 3.15. The van der Waals surface area contributed by atoms with Crippen molar-refractivity contribution in [1.29, 1.82) is 0 Å². The molecule has 1 saturated heterocycles. The number of anilines is 1. The number of thioether (sulfide) groups is 1. The van der Waals surface area contributed by atoms with Gasteiger partial charge in [-0.15, -0.1) is 11.6 Å². The van der Waals surface area contributed by atoms with Gasteiger partial charge in [0, 0.05) is 24.2 Å². The highest BCUT2D eigenvalue weighted by atomic mass is 35.5. The number of hydrogen-bond acceptors (Lipinski definition) is 2. The normalized spacial score (nSPS) is 17.2. The van der Waals surface area contributed by atoms with Crippen LogP contribution in [-0.2, 0) is 5.88 Å². The third-order valence-electron chi connectivity index (χ3n) is 3.32. The molecule has 2 rings (SSSR count). The molecule has 0 unspecified atom stereocenters. The lowest BCUT2D eigenvalue weighted by atomic mass is 10.1. The van der Waals surface area contributed by atoms with Crippen LogP contribution in [0.5, 0.6) is 0 Å². The standard InChI is InChI=1S/C13H16ClF2NS/c1-18-10-2-4-17(5-3-10)13-11(15)6-9(8-14)7-12(13)16/h6-7,10H,2-5,8H2,1H3. The lowest BCUT2D eigenvalue weighted by molar-refractivity contribution is 0.536. The van der Waals surface area contributed by atoms with Gasteiger partial charge in [0.05, 0.1) is 0 Å². The molecule has 0 atom stereocenters.